The van der Waals surface area contributed by atoms with Crippen molar-refractivity contribution in [2.45, 2.75) is 13.0 Å². The number of carbonyl (C=O) groups excluding carboxylic acids is 1. The Morgan fingerprint density at radius 2 is 1.76 bits per heavy atom. The van der Waals surface area contributed by atoms with Crippen LogP contribution in [0.1, 0.15) is 11.1 Å². The van der Waals surface area contributed by atoms with Crippen LogP contribution in [-0.4, -0.2) is 17.6 Å². The number of halogens is 1. The molecule has 3 N–H and O–H groups in total. The fraction of sp³-hybridized carbons (Fsp3) is 0.158. The lowest BCUT2D eigenvalue weighted by molar-refractivity contribution is -0.117. The van der Waals surface area contributed by atoms with E-state index in [1.54, 1.807) is 36.4 Å². The molecule has 128 valence electrons. The Morgan fingerprint density at radius 1 is 1.12 bits per heavy atom. The fourth-order valence-electron chi connectivity index (χ4n) is 2.10. The third-order valence-corrected chi connectivity index (χ3v) is 3.72. The van der Waals surface area contributed by atoms with E-state index in [9.17, 15) is 9.90 Å². The molecule has 5 nitrogen and oxygen atoms in total. The molecule has 2 rings (SSSR count). The van der Waals surface area contributed by atoms with Crippen molar-refractivity contribution in [1.29, 1.82) is 5.26 Å². The second kappa shape index (κ2) is 9.36. The molecule has 6 heteroatoms. The van der Waals surface area contributed by atoms with Crippen molar-refractivity contribution in [2.75, 3.05) is 6.54 Å². The van der Waals surface area contributed by atoms with Crippen LogP contribution in [0.2, 0.25) is 5.02 Å². The van der Waals surface area contributed by atoms with E-state index in [1.165, 1.54) is 6.20 Å². The summed E-state index contributed by atoms with van der Waals surface area (Å²) < 4.78 is 0. The van der Waals surface area contributed by atoms with Gasteiger partial charge >= 0.3 is 0 Å². The zero-order valence-corrected chi connectivity index (χ0v) is 14.3. The highest BCUT2D eigenvalue weighted by Gasteiger charge is 2.07. The Bertz CT molecular complexity index is 778. The SMILES string of the molecule is N#C/C(=C/NCc1ccc(Cl)cc1)C(=O)NCCc1ccc(O)cc1. The fourth-order valence-corrected chi connectivity index (χ4v) is 2.23. The molecule has 1 amide bonds. The molecule has 0 aliphatic heterocycles. The summed E-state index contributed by atoms with van der Waals surface area (Å²) in [7, 11) is 0. The number of carbonyl (C=O) groups is 1. The number of hydrogen-bond donors (Lipinski definition) is 3. The van der Waals surface area contributed by atoms with Gasteiger partial charge in [-0.05, 0) is 41.8 Å². The summed E-state index contributed by atoms with van der Waals surface area (Å²) in [4.78, 5) is 12.0. The van der Waals surface area contributed by atoms with Gasteiger partial charge in [-0.1, -0.05) is 35.9 Å². The Kier molecular flexibility index (Phi) is 6.87. The zero-order chi connectivity index (χ0) is 18.1. The van der Waals surface area contributed by atoms with Crippen molar-refractivity contribution in [2.24, 2.45) is 0 Å². The van der Waals surface area contributed by atoms with Gasteiger partial charge in [0.1, 0.15) is 17.4 Å². The smallest absolute Gasteiger partial charge is 0.263 e. The van der Waals surface area contributed by atoms with Gasteiger partial charge in [-0.3, -0.25) is 4.79 Å². The van der Waals surface area contributed by atoms with Crippen LogP contribution < -0.4 is 10.6 Å². The molecule has 0 spiro atoms. The van der Waals surface area contributed by atoms with Crippen molar-refractivity contribution < 1.29 is 9.90 Å². The minimum absolute atomic E-state index is 0.0136. The van der Waals surface area contributed by atoms with Gasteiger partial charge in [0.05, 0.1) is 0 Å². The van der Waals surface area contributed by atoms with Crippen molar-refractivity contribution in [3.8, 4) is 11.8 Å². The third-order valence-electron chi connectivity index (χ3n) is 3.47. The largest absolute Gasteiger partial charge is 0.508 e. The van der Waals surface area contributed by atoms with Gasteiger partial charge in [0.15, 0.2) is 0 Å². The first kappa shape index (κ1) is 18.4. The monoisotopic (exact) mass is 355 g/mol. The van der Waals surface area contributed by atoms with Gasteiger partial charge in [0.2, 0.25) is 0 Å². The molecule has 0 fully saturated rings. The van der Waals surface area contributed by atoms with E-state index in [-0.39, 0.29) is 11.3 Å². The molecular formula is C19H18ClN3O2. The number of aromatic hydroxyl groups is 1. The summed E-state index contributed by atoms with van der Waals surface area (Å²) in [5, 5.41) is 24.7. The van der Waals surface area contributed by atoms with Crippen LogP contribution >= 0.6 is 11.6 Å². The number of benzene rings is 2. The molecule has 0 aromatic heterocycles. The average Bonchev–Trinajstić information content (AvgIpc) is 2.62. The van der Waals surface area contributed by atoms with Gasteiger partial charge in [-0.2, -0.15) is 5.26 Å². The predicted molar refractivity (Wildman–Crippen MR) is 96.8 cm³/mol. The number of nitriles is 1. The number of hydrogen-bond acceptors (Lipinski definition) is 4. The van der Waals surface area contributed by atoms with E-state index in [0.29, 0.717) is 24.5 Å². The molecule has 0 unspecified atom stereocenters. The summed E-state index contributed by atoms with van der Waals surface area (Å²) >= 11 is 5.82. The molecule has 0 heterocycles. The molecule has 0 atom stereocenters. The number of rotatable bonds is 7. The van der Waals surface area contributed by atoms with Crippen LogP contribution in [0.25, 0.3) is 0 Å². The lowest BCUT2D eigenvalue weighted by atomic mass is 10.1. The Balaban J connectivity index is 1.80. The molecule has 25 heavy (non-hydrogen) atoms. The summed E-state index contributed by atoms with van der Waals surface area (Å²) in [6.07, 6.45) is 2.02. The normalized spacial score (nSPS) is 10.8. The van der Waals surface area contributed by atoms with E-state index in [4.69, 9.17) is 16.9 Å². The second-order valence-corrected chi connectivity index (χ2v) is 5.79. The molecule has 0 bridgehead atoms. The van der Waals surface area contributed by atoms with E-state index in [2.05, 4.69) is 10.6 Å². The number of amides is 1. The number of phenols is 1. The number of phenolic OH excluding ortho intramolecular Hbond substituents is 1. The van der Waals surface area contributed by atoms with E-state index in [0.717, 1.165) is 11.1 Å². The maximum absolute atomic E-state index is 12.0. The van der Waals surface area contributed by atoms with Gasteiger partial charge in [-0.25, -0.2) is 0 Å². The summed E-state index contributed by atoms with van der Waals surface area (Å²) in [6, 6.07) is 16.0. The Hall–Kier alpha value is -2.97. The van der Waals surface area contributed by atoms with E-state index < -0.39 is 5.91 Å². The van der Waals surface area contributed by atoms with Gasteiger partial charge in [0.25, 0.3) is 5.91 Å². The maximum Gasteiger partial charge on any atom is 0.263 e. The third kappa shape index (κ3) is 6.21. The average molecular weight is 356 g/mol. The highest BCUT2D eigenvalue weighted by atomic mass is 35.5. The quantitative estimate of drug-likeness (QED) is 0.526. The van der Waals surface area contributed by atoms with Crippen molar-refractivity contribution in [1.82, 2.24) is 10.6 Å². The standard InChI is InChI=1S/C19H18ClN3O2/c20-17-5-1-15(2-6-17)12-22-13-16(11-21)19(25)23-10-9-14-3-7-18(24)8-4-14/h1-8,13,22,24H,9-10,12H2,(H,23,25)/b16-13-. The first-order valence-corrected chi connectivity index (χ1v) is 8.10. The highest BCUT2D eigenvalue weighted by molar-refractivity contribution is 6.30. The Labute approximate surface area is 151 Å². The summed E-state index contributed by atoms with van der Waals surface area (Å²) in [5.41, 5.74) is 1.99. The topological polar surface area (TPSA) is 85.2 Å². The first-order chi connectivity index (χ1) is 12.1. The van der Waals surface area contributed by atoms with Crippen LogP contribution in [0.15, 0.2) is 60.3 Å². The molecular weight excluding hydrogens is 338 g/mol. The molecule has 2 aromatic carbocycles. The molecule has 2 aromatic rings. The lowest BCUT2D eigenvalue weighted by Crippen LogP contribution is -2.27. The molecule has 0 aliphatic carbocycles. The van der Waals surface area contributed by atoms with Gasteiger partial charge in [-0.15, -0.1) is 0 Å². The zero-order valence-electron chi connectivity index (χ0n) is 13.5. The number of nitrogens with zero attached hydrogens (tertiary/aromatic N) is 1. The van der Waals surface area contributed by atoms with E-state index >= 15 is 0 Å². The highest BCUT2D eigenvalue weighted by Crippen LogP contribution is 2.10. The van der Waals surface area contributed by atoms with Crippen molar-refractivity contribution in [3.63, 3.8) is 0 Å². The van der Waals surface area contributed by atoms with Gasteiger partial charge < -0.3 is 15.7 Å². The Morgan fingerprint density at radius 3 is 2.40 bits per heavy atom. The first-order valence-electron chi connectivity index (χ1n) is 7.72. The summed E-state index contributed by atoms with van der Waals surface area (Å²) in [6.45, 7) is 0.892. The van der Waals surface area contributed by atoms with Crippen LogP contribution in [0.4, 0.5) is 0 Å². The molecule has 0 aliphatic rings. The van der Waals surface area contributed by atoms with Crippen LogP contribution in [-0.2, 0) is 17.8 Å². The second-order valence-electron chi connectivity index (χ2n) is 5.35. The lowest BCUT2D eigenvalue weighted by Gasteiger charge is -2.06. The summed E-state index contributed by atoms with van der Waals surface area (Å²) in [5.74, 6) is -0.223. The minimum Gasteiger partial charge on any atom is -0.508 e. The minimum atomic E-state index is -0.426. The molecule has 0 saturated carbocycles. The maximum atomic E-state index is 12.0. The van der Waals surface area contributed by atoms with Crippen molar-refractivity contribution >= 4 is 17.5 Å². The van der Waals surface area contributed by atoms with Crippen molar-refractivity contribution in [3.05, 3.63) is 76.5 Å². The van der Waals surface area contributed by atoms with Gasteiger partial charge in [0, 0.05) is 24.3 Å². The van der Waals surface area contributed by atoms with Crippen LogP contribution in [0, 0.1) is 11.3 Å². The van der Waals surface area contributed by atoms with E-state index in [1.807, 2.05) is 18.2 Å². The van der Waals surface area contributed by atoms with Crippen LogP contribution in [0.3, 0.4) is 0 Å². The molecule has 0 radical (unpaired) electrons. The number of nitrogens with one attached hydrogen (secondary N) is 2. The van der Waals surface area contributed by atoms with Crippen LogP contribution in [0.5, 0.6) is 5.75 Å². The molecule has 0 saturated heterocycles. The predicted octanol–water partition coefficient (Wildman–Crippen LogP) is 2.90.